The van der Waals surface area contributed by atoms with Crippen molar-refractivity contribution < 1.29 is 28.3 Å². The smallest absolute Gasteiger partial charge is 0.313 e. The average molecular weight is 392 g/mol. The van der Waals surface area contributed by atoms with Crippen molar-refractivity contribution in [2.45, 2.75) is 6.42 Å². The lowest BCUT2D eigenvalue weighted by Gasteiger charge is -2.11. The molecule has 1 aliphatic carbocycles. The Morgan fingerprint density at radius 3 is 2.30 bits per heavy atom. The van der Waals surface area contributed by atoms with Crippen LogP contribution in [-0.2, 0) is 9.53 Å². The fourth-order valence-corrected chi connectivity index (χ4v) is 2.62. The van der Waals surface area contributed by atoms with Crippen LogP contribution < -0.4 is 0 Å². The number of ketones is 3. The molecule has 27 heavy (non-hydrogen) atoms. The molecule has 1 aromatic carbocycles. The summed E-state index contributed by atoms with van der Waals surface area (Å²) >= 11 is 0. The van der Waals surface area contributed by atoms with E-state index in [1.165, 1.54) is 12.1 Å². The molecule has 7 nitrogen and oxygen atoms in total. The largest absolute Gasteiger partial charge is 0.464 e. The lowest BCUT2D eigenvalue weighted by molar-refractivity contribution is -0.142. The maximum Gasteiger partial charge on any atom is 0.313 e. The molecule has 8 heteroatoms. The molecule has 0 N–H and O–H groups in total. The minimum Gasteiger partial charge on any atom is -0.464 e. The normalized spacial score (nSPS) is 12.3. The minimum atomic E-state index is -0.688. The van der Waals surface area contributed by atoms with Gasteiger partial charge in [-0.25, -0.2) is 0 Å². The number of rotatable bonds is 6. The van der Waals surface area contributed by atoms with Crippen molar-refractivity contribution in [3.8, 4) is 0 Å². The fraction of sp³-hybridized carbons (Fsp3) is 0.263. The van der Waals surface area contributed by atoms with Crippen LogP contribution in [0.1, 0.15) is 49.0 Å². The number of likely N-dealkylation sites (N-methyl/N-ethyl adjacent to an activating group) is 1. The summed E-state index contributed by atoms with van der Waals surface area (Å²) in [5.41, 5.74) is 0.548. The Morgan fingerprint density at radius 1 is 1.04 bits per heavy atom. The quantitative estimate of drug-likeness (QED) is 0.361. The van der Waals surface area contributed by atoms with Crippen LogP contribution in [0.4, 0.5) is 0 Å². The van der Waals surface area contributed by atoms with Gasteiger partial charge in [0, 0.05) is 17.7 Å². The van der Waals surface area contributed by atoms with E-state index in [4.69, 9.17) is 9.15 Å². The Morgan fingerprint density at radius 2 is 1.67 bits per heavy atom. The summed E-state index contributed by atoms with van der Waals surface area (Å²) in [4.78, 5) is 50.7. The molecule has 0 radical (unpaired) electrons. The second-order valence-corrected chi connectivity index (χ2v) is 6.18. The van der Waals surface area contributed by atoms with Gasteiger partial charge in [-0.1, -0.05) is 24.3 Å². The lowest BCUT2D eigenvalue weighted by Crippen LogP contribution is -2.21. The zero-order chi connectivity index (χ0) is 18.8. The maximum atomic E-state index is 12.5. The van der Waals surface area contributed by atoms with E-state index in [2.05, 4.69) is 0 Å². The van der Waals surface area contributed by atoms with Gasteiger partial charge in [-0.3, -0.25) is 19.2 Å². The molecule has 0 unspecified atom stereocenters. The van der Waals surface area contributed by atoms with E-state index >= 15 is 0 Å². The number of benzene rings is 1. The number of nitrogens with zero attached hydrogens (tertiary/aromatic N) is 1. The molecule has 0 aliphatic heterocycles. The standard InChI is InChI=1S/C19H17NO6.ClH/c1-20(2)7-8-25-16(22)10-14(21)15-9-13-17(23)11-5-3-4-6-12(11)18(24)19(13)26-15;/h3-6,9H,7-8,10H2,1-2H3;1H. The summed E-state index contributed by atoms with van der Waals surface area (Å²) in [5, 5.41) is 0. The van der Waals surface area contributed by atoms with Crippen LogP contribution >= 0.6 is 12.4 Å². The van der Waals surface area contributed by atoms with Crippen LogP contribution in [0, 0.1) is 0 Å². The van der Waals surface area contributed by atoms with Crippen LogP contribution in [0.5, 0.6) is 0 Å². The molecule has 0 bridgehead atoms. The number of furan rings is 1. The van der Waals surface area contributed by atoms with Crippen LogP contribution in [0.25, 0.3) is 0 Å². The van der Waals surface area contributed by atoms with Gasteiger partial charge in [0.25, 0.3) is 0 Å². The number of ether oxygens (including phenoxy) is 1. The first-order valence-corrected chi connectivity index (χ1v) is 8.04. The molecule has 1 aliphatic rings. The predicted octanol–water partition coefficient (Wildman–Crippen LogP) is 2.15. The van der Waals surface area contributed by atoms with E-state index in [1.54, 1.807) is 18.2 Å². The third-order valence-electron chi connectivity index (χ3n) is 3.98. The molecule has 0 fully saturated rings. The summed E-state index contributed by atoms with van der Waals surface area (Å²) in [6, 6.07) is 7.61. The molecule has 3 rings (SSSR count). The summed E-state index contributed by atoms with van der Waals surface area (Å²) < 4.78 is 10.3. The number of halogens is 1. The van der Waals surface area contributed by atoms with Gasteiger partial charge in [-0.15, -0.1) is 12.4 Å². The SMILES string of the molecule is CN(C)CCOC(=O)CC(=O)c1cc2c(o1)C(=O)c1ccccc1C2=O.Cl. The Balaban J connectivity index is 0.00000261. The molecule has 1 aromatic heterocycles. The third kappa shape index (κ3) is 4.15. The van der Waals surface area contributed by atoms with Gasteiger partial charge in [0.1, 0.15) is 13.0 Å². The van der Waals surface area contributed by atoms with Crippen LogP contribution in [0.2, 0.25) is 0 Å². The molecular weight excluding hydrogens is 374 g/mol. The Bertz CT molecular complexity index is 862. The monoisotopic (exact) mass is 391 g/mol. The van der Waals surface area contributed by atoms with Gasteiger partial charge in [0.2, 0.25) is 11.6 Å². The molecule has 0 saturated heterocycles. The second kappa shape index (κ2) is 8.28. The Kier molecular flexibility index (Phi) is 6.30. The molecule has 2 aromatic rings. The fourth-order valence-electron chi connectivity index (χ4n) is 2.62. The van der Waals surface area contributed by atoms with Gasteiger partial charge in [-0.05, 0) is 20.2 Å². The molecule has 0 saturated carbocycles. The molecule has 0 spiro atoms. The minimum absolute atomic E-state index is 0. The van der Waals surface area contributed by atoms with Gasteiger partial charge in [0.05, 0.1) is 5.56 Å². The van der Waals surface area contributed by atoms with Crippen molar-refractivity contribution in [1.29, 1.82) is 0 Å². The van der Waals surface area contributed by atoms with Crippen LogP contribution in [0.3, 0.4) is 0 Å². The first-order chi connectivity index (χ1) is 12.4. The van der Waals surface area contributed by atoms with Gasteiger partial charge in [-0.2, -0.15) is 0 Å². The topological polar surface area (TPSA) is 93.9 Å². The Labute approximate surface area is 161 Å². The van der Waals surface area contributed by atoms with Crippen LogP contribution in [0.15, 0.2) is 34.7 Å². The number of fused-ring (bicyclic) bond motifs is 2. The number of Topliss-reactive ketones (excluding diaryl/α,β-unsaturated/α-hetero) is 1. The summed E-state index contributed by atoms with van der Waals surface area (Å²) in [6.45, 7) is 0.705. The van der Waals surface area contributed by atoms with Crippen molar-refractivity contribution in [3.05, 3.63) is 58.5 Å². The highest BCUT2D eigenvalue weighted by Gasteiger charge is 2.34. The molecule has 0 atom stereocenters. The van der Waals surface area contributed by atoms with Crippen molar-refractivity contribution in [3.63, 3.8) is 0 Å². The first-order valence-electron chi connectivity index (χ1n) is 8.04. The number of hydrogen-bond donors (Lipinski definition) is 0. The molecule has 0 amide bonds. The first kappa shape index (κ1) is 20.5. The van der Waals surface area contributed by atoms with E-state index in [1.807, 2.05) is 19.0 Å². The highest BCUT2D eigenvalue weighted by atomic mass is 35.5. The van der Waals surface area contributed by atoms with Gasteiger partial charge < -0.3 is 14.1 Å². The zero-order valence-electron chi connectivity index (χ0n) is 14.8. The van der Waals surface area contributed by atoms with Crippen molar-refractivity contribution in [2.24, 2.45) is 0 Å². The third-order valence-corrected chi connectivity index (χ3v) is 3.98. The predicted molar refractivity (Wildman–Crippen MR) is 97.7 cm³/mol. The van der Waals surface area contributed by atoms with Gasteiger partial charge >= 0.3 is 5.97 Å². The van der Waals surface area contributed by atoms with Crippen molar-refractivity contribution in [1.82, 2.24) is 4.90 Å². The number of carbonyl (C=O) groups is 4. The average Bonchev–Trinajstić information content (AvgIpc) is 3.05. The summed E-state index contributed by atoms with van der Waals surface area (Å²) in [6.07, 6.45) is -0.519. The van der Waals surface area contributed by atoms with E-state index < -0.39 is 24.0 Å². The zero-order valence-corrected chi connectivity index (χ0v) is 15.6. The Hall–Kier alpha value is -2.77. The van der Waals surface area contributed by atoms with Gasteiger partial charge in [0.15, 0.2) is 17.3 Å². The second-order valence-electron chi connectivity index (χ2n) is 6.18. The number of esters is 1. The molecular formula is C19H18ClNO6. The van der Waals surface area contributed by atoms with Crippen molar-refractivity contribution >= 4 is 35.7 Å². The molecule has 142 valence electrons. The van der Waals surface area contributed by atoms with E-state index in [0.29, 0.717) is 6.54 Å². The van der Waals surface area contributed by atoms with E-state index in [9.17, 15) is 19.2 Å². The lowest BCUT2D eigenvalue weighted by atomic mass is 9.88. The van der Waals surface area contributed by atoms with E-state index in [0.717, 1.165) is 0 Å². The summed E-state index contributed by atoms with van der Waals surface area (Å²) in [5.74, 6) is -2.53. The molecule has 1 heterocycles. The number of hydrogen-bond acceptors (Lipinski definition) is 7. The maximum absolute atomic E-state index is 12.5. The highest BCUT2D eigenvalue weighted by molar-refractivity contribution is 6.28. The highest BCUT2D eigenvalue weighted by Crippen LogP contribution is 2.29. The van der Waals surface area contributed by atoms with Crippen LogP contribution in [-0.4, -0.2) is 55.5 Å². The summed E-state index contributed by atoms with van der Waals surface area (Å²) in [7, 11) is 3.66. The van der Waals surface area contributed by atoms with Crippen molar-refractivity contribution in [2.75, 3.05) is 27.2 Å². The van der Waals surface area contributed by atoms with E-state index in [-0.39, 0.29) is 53.0 Å². The number of carbonyl (C=O) groups excluding carboxylic acids is 4.